The average molecular weight is 496 g/mol. The predicted molar refractivity (Wildman–Crippen MR) is 130 cm³/mol. The zero-order chi connectivity index (χ0) is 25.7. The Balaban J connectivity index is 1.68. The summed E-state index contributed by atoms with van der Waals surface area (Å²) in [5.74, 6) is -1.64. The van der Waals surface area contributed by atoms with Crippen molar-refractivity contribution in [2.24, 2.45) is 0 Å². The van der Waals surface area contributed by atoms with Gasteiger partial charge in [-0.05, 0) is 49.6 Å². The van der Waals surface area contributed by atoms with Gasteiger partial charge in [-0.3, -0.25) is 9.20 Å². The zero-order valence-electron chi connectivity index (χ0n) is 19.7. The van der Waals surface area contributed by atoms with Crippen molar-refractivity contribution in [3.63, 3.8) is 0 Å². The third-order valence-electron chi connectivity index (χ3n) is 6.19. The van der Waals surface area contributed by atoms with E-state index in [0.29, 0.717) is 11.3 Å². The molecular formula is C27H27F2N3O4. The third-order valence-corrected chi connectivity index (χ3v) is 6.19. The molecule has 188 valence electrons. The van der Waals surface area contributed by atoms with Crippen LogP contribution in [0.25, 0.3) is 5.65 Å². The highest BCUT2D eigenvalue weighted by atomic mass is 19.1. The van der Waals surface area contributed by atoms with Crippen LogP contribution >= 0.6 is 0 Å². The Hall–Kier alpha value is -3.82. The third kappa shape index (κ3) is 4.93. The molecule has 4 aromatic rings. The number of nitrogens with zero attached hydrogens (tertiary/aromatic N) is 2. The SMILES string of the molecule is Cc1nc2c(OCc3c(F)cccc3F)cccn2c1C(=O)NC(CCO)(CCO)c1ccccc1. The highest BCUT2D eigenvalue weighted by Crippen LogP contribution is 2.30. The van der Waals surface area contributed by atoms with E-state index in [1.807, 2.05) is 30.3 Å². The molecule has 3 N–H and O–H groups in total. The van der Waals surface area contributed by atoms with E-state index in [1.165, 1.54) is 6.07 Å². The first kappa shape index (κ1) is 25.3. The van der Waals surface area contributed by atoms with Crippen molar-refractivity contribution in [2.75, 3.05) is 13.2 Å². The number of fused-ring (bicyclic) bond motifs is 1. The molecule has 2 heterocycles. The summed E-state index contributed by atoms with van der Waals surface area (Å²) < 4.78 is 35.3. The number of benzene rings is 2. The molecule has 0 bridgehead atoms. The van der Waals surface area contributed by atoms with Gasteiger partial charge in [-0.25, -0.2) is 13.8 Å². The normalized spacial score (nSPS) is 11.6. The van der Waals surface area contributed by atoms with Crippen LogP contribution in [-0.2, 0) is 12.1 Å². The van der Waals surface area contributed by atoms with Crippen LogP contribution in [0.3, 0.4) is 0 Å². The van der Waals surface area contributed by atoms with E-state index in [1.54, 1.807) is 29.7 Å². The quantitative estimate of drug-likeness (QED) is 0.310. The van der Waals surface area contributed by atoms with Gasteiger partial charge in [0.2, 0.25) is 0 Å². The van der Waals surface area contributed by atoms with Gasteiger partial charge in [-0.15, -0.1) is 0 Å². The lowest BCUT2D eigenvalue weighted by molar-refractivity contribution is 0.0838. The monoisotopic (exact) mass is 495 g/mol. The van der Waals surface area contributed by atoms with Gasteiger partial charge in [-0.2, -0.15) is 0 Å². The number of hydrogen-bond acceptors (Lipinski definition) is 5. The van der Waals surface area contributed by atoms with Crippen molar-refractivity contribution in [1.29, 1.82) is 0 Å². The minimum Gasteiger partial charge on any atom is -0.485 e. The van der Waals surface area contributed by atoms with Crippen LogP contribution in [0.5, 0.6) is 5.75 Å². The van der Waals surface area contributed by atoms with E-state index < -0.39 is 23.1 Å². The maximum Gasteiger partial charge on any atom is 0.270 e. The van der Waals surface area contributed by atoms with Crippen molar-refractivity contribution in [2.45, 2.75) is 31.9 Å². The molecule has 0 atom stereocenters. The number of aliphatic hydroxyl groups excluding tert-OH is 2. The number of aliphatic hydroxyl groups is 2. The summed E-state index contributed by atoms with van der Waals surface area (Å²) in [6.45, 7) is 0.915. The number of halogens is 2. The second-order valence-electron chi connectivity index (χ2n) is 8.45. The van der Waals surface area contributed by atoms with Gasteiger partial charge in [0.1, 0.15) is 23.9 Å². The Bertz CT molecular complexity index is 1330. The Morgan fingerprint density at radius 2 is 1.67 bits per heavy atom. The van der Waals surface area contributed by atoms with Crippen LogP contribution in [0.15, 0.2) is 66.9 Å². The van der Waals surface area contributed by atoms with E-state index in [2.05, 4.69) is 10.3 Å². The van der Waals surface area contributed by atoms with Gasteiger partial charge in [0.25, 0.3) is 5.91 Å². The fraction of sp³-hybridized carbons (Fsp3) is 0.259. The van der Waals surface area contributed by atoms with Crippen molar-refractivity contribution in [3.8, 4) is 5.75 Å². The number of pyridine rings is 1. The number of aromatic nitrogens is 2. The summed E-state index contributed by atoms with van der Waals surface area (Å²) in [5.41, 5.74) is 0.505. The molecule has 9 heteroatoms. The molecule has 1 amide bonds. The molecule has 0 spiro atoms. The van der Waals surface area contributed by atoms with Crippen molar-refractivity contribution in [1.82, 2.24) is 14.7 Å². The molecule has 0 unspecified atom stereocenters. The van der Waals surface area contributed by atoms with E-state index >= 15 is 0 Å². The average Bonchev–Trinajstić information content (AvgIpc) is 3.21. The van der Waals surface area contributed by atoms with Crippen LogP contribution in [0, 0.1) is 18.6 Å². The lowest BCUT2D eigenvalue weighted by Gasteiger charge is -2.34. The largest absolute Gasteiger partial charge is 0.485 e. The minimum absolute atomic E-state index is 0.196. The summed E-state index contributed by atoms with van der Waals surface area (Å²) in [4.78, 5) is 18.1. The molecule has 7 nitrogen and oxygen atoms in total. The molecule has 2 aromatic heterocycles. The number of rotatable bonds is 10. The van der Waals surface area contributed by atoms with Gasteiger partial charge in [-0.1, -0.05) is 36.4 Å². The Morgan fingerprint density at radius 3 is 2.31 bits per heavy atom. The summed E-state index contributed by atoms with van der Waals surface area (Å²) >= 11 is 0. The van der Waals surface area contributed by atoms with E-state index in [4.69, 9.17) is 4.74 Å². The number of carbonyl (C=O) groups is 1. The Morgan fingerprint density at radius 1 is 1.00 bits per heavy atom. The van der Waals surface area contributed by atoms with E-state index in [0.717, 1.165) is 17.7 Å². The number of amides is 1. The number of ether oxygens (including phenoxy) is 1. The predicted octanol–water partition coefficient (Wildman–Crippen LogP) is 3.89. The summed E-state index contributed by atoms with van der Waals surface area (Å²) in [5, 5.41) is 22.6. The number of aryl methyl sites for hydroxylation is 1. The van der Waals surface area contributed by atoms with E-state index in [9.17, 15) is 23.8 Å². The molecule has 0 aliphatic rings. The van der Waals surface area contributed by atoms with Crippen LogP contribution < -0.4 is 10.1 Å². The highest BCUT2D eigenvalue weighted by molar-refractivity contribution is 5.95. The zero-order valence-corrected chi connectivity index (χ0v) is 19.7. The molecular weight excluding hydrogens is 468 g/mol. The molecule has 36 heavy (non-hydrogen) atoms. The van der Waals surface area contributed by atoms with Crippen molar-refractivity contribution in [3.05, 3.63) is 101 Å². The summed E-state index contributed by atoms with van der Waals surface area (Å²) in [6, 6.07) is 16.0. The van der Waals surface area contributed by atoms with Crippen LogP contribution in [0.4, 0.5) is 8.78 Å². The van der Waals surface area contributed by atoms with Crippen LogP contribution in [0.1, 0.15) is 40.2 Å². The smallest absolute Gasteiger partial charge is 0.270 e. The van der Waals surface area contributed by atoms with Gasteiger partial charge >= 0.3 is 0 Å². The molecule has 0 aliphatic heterocycles. The standard InChI is InChI=1S/C27H27F2N3O4/c1-18-24(26(35)31-27(12-15-33,13-16-34)19-7-3-2-4-8-19)32-14-6-11-23(25(32)30-18)36-17-20-21(28)9-5-10-22(20)29/h2-11,14,33-34H,12-13,15-17H2,1H3,(H,31,35). The number of carbonyl (C=O) groups excluding carboxylic acids is 1. The van der Waals surface area contributed by atoms with Crippen LogP contribution in [0.2, 0.25) is 0 Å². The fourth-order valence-electron chi connectivity index (χ4n) is 4.39. The van der Waals surface area contributed by atoms with Crippen LogP contribution in [-0.4, -0.2) is 38.7 Å². The maximum atomic E-state index is 14.0. The summed E-state index contributed by atoms with van der Waals surface area (Å²) in [7, 11) is 0. The first-order valence-electron chi connectivity index (χ1n) is 11.5. The number of hydrogen-bond donors (Lipinski definition) is 3. The molecule has 4 rings (SSSR count). The van der Waals surface area contributed by atoms with Gasteiger partial charge in [0, 0.05) is 19.4 Å². The Labute approximate surface area is 207 Å². The second kappa shape index (κ2) is 10.8. The lowest BCUT2D eigenvalue weighted by atomic mass is 9.83. The topological polar surface area (TPSA) is 96.1 Å². The fourth-order valence-corrected chi connectivity index (χ4v) is 4.39. The number of nitrogens with one attached hydrogen (secondary N) is 1. The first-order valence-corrected chi connectivity index (χ1v) is 11.5. The second-order valence-corrected chi connectivity index (χ2v) is 8.45. The van der Waals surface area contributed by atoms with Crippen molar-refractivity contribution < 1.29 is 28.5 Å². The maximum absolute atomic E-state index is 14.0. The molecule has 0 fully saturated rings. The summed E-state index contributed by atoms with van der Waals surface area (Å²) in [6.07, 6.45) is 2.03. The highest BCUT2D eigenvalue weighted by Gasteiger charge is 2.34. The van der Waals surface area contributed by atoms with Gasteiger partial charge < -0.3 is 20.3 Å². The lowest BCUT2D eigenvalue weighted by Crippen LogP contribution is -2.47. The molecule has 2 aromatic carbocycles. The molecule has 0 saturated carbocycles. The molecule has 0 aliphatic carbocycles. The Kier molecular flexibility index (Phi) is 7.61. The van der Waals surface area contributed by atoms with Gasteiger partial charge in [0.05, 0.1) is 16.8 Å². The van der Waals surface area contributed by atoms with E-state index in [-0.39, 0.29) is 49.7 Å². The molecule has 0 saturated heterocycles. The minimum atomic E-state index is -1.01. The number of imidazole rings is 1. The van der Waals surface area contributed by atoms with Crippen molar-refractivity contribution >= 4 is 11.6 Å². The molecule has 0 radical (unpaired) electrons. The van der Waals surface area contributed by atoms with Gasteiger partial charge in [0.15, 0.2) is 11.4 Å². The first-order chi connectivity index (χ1) is 17.4.